The van der Waals surface area contributed by atoms with E-state index >= 15 is 0 Å². The molecule has 0 radical (unpaired) electrons. The predicted molar refractivity (Wildman–Crippen MR) is 125 cm³/mol. The molecule has 186 valence electrons. The Morgan fingerprint density at radius 2 is 1.67 bits per heavy atom. The first-order valence-electron chi connectivity index (χ1n) is 11.2. The summed E-state index contributed by atoms with van der Waals surface area (Å²) < 4.78 is 54.1. The number of amides is 1. The summed E-state index contributed by atoms with van der Waals surface area (Å²) in [6, 6.07) is 13.4. The van der Waals surface area contributed by atoms with Gasteiger partial charge in [0.1, 0.15) is 29.4 Å². The van der Waals surface area contributed by atoms with E-state index in [1.54, 1.807) is 17.0 Å². The summed E-state index contributed by atoms with van der Waals surface area (Å²) in [7, 11) is 0. The molecule has 2 aromatic heterocycles. The van der Waals surface area contributed by atoms with Gasteiger partial charge in [0.25, 0.3) is 0 Å². The number of hydrogen-bond acceptors (Lipinski definition) is 5. The summed E-state index contributed by atoms with van der Waals surface area (Å²) >= 11 is 0. The Morgan fingerprint density at radius 1 is 0.972 bits per heavy atom. The summed E-state index contributed by atoms with van der Waals surface area (Å²) in [4.78, 5) is 28.6. The molecule has 1 amide bonds. The summed E-state index contributed by atoms with van der Waals surface area (Å²) in [5, 5.41) is 0.831. The van der Waals surface area contributed by atoms with E-state index in [9.17, 15) is 22.4 Å². The van der Waals surface area contributed by atoms with Crippen LogP contribution in [0.3, 0.4) is 0 Å². The van der Waals surface area contributed by atoms with Crippen LogP contribution >= 0.6 is 0 Å². The number of ether oxygens (including phenoxy) is 1. The zero-order valence-electron chi connectivity index (χ0n) is 18.9. The third-order valence-corrected chi connectivity index (χ3v) is 6.00. The molecule has 36 heavy (non-hydrogen) atoms. The molecular formula is C25H21F4N5O2. The fraction of sp³-hybridized carbons (Fsp3) is 0.240. The number of piperazine rings is 1. The number of nitrogens with zero attached hydrogens (tertiary/aromatic N) is 4. The number of nitrogens with one attached hydrogen (secondary N) is 1. The minimum absolute atomic E-state index is 0.0862. The largest absolute Gasteiger partial charge is 0.573 e. The first kappa shape index (κ1) is 23.6. The minimum Gasteiger partial charge on any atom is -0.406 e. The number of benzene rings is 2. The van der Waals surface area contributed by atoms with E-state index in [0.717, 1.165) is 22.5 Å². The molecule has 7 nitrogen and oxygen atoms in total. The van der Waals surface area contributed by atoms with Gasteiger partial charge in [0.05, 0.1) is 11.8 Å². The lowest BCUT2D eigenvalue weighted by Crippen LogP contribution is -2.49. The second-order valence-electron chi connectivity index (χ2n) is 8.39. The number of carbonyl (C=O) groups is 1. The molecule has 11 heteroatoms. The van der Waals surface area contributed by atoms with Gasteiger partial charge < -0.3 is 19.5 Å². The third kappa shape index (κ3) is 5.24. The Balaban J connectivity index is 1.23. The molecule has 1 aliphatic rings. The Hall–Kier alpha value is -4.15. The minimum atomic E-state index is -4.75. The van der Waals surface area contributed by atoms with Crippen LogP contribution in [0, 0.1) is 5.82 Å². The smallest absolute Gasteiger partial charge is 0.406 e. The lowest BCUT2D eigenvalue weighted by molar-refractivity contribution is -0.274. The molecule has 3 heterocycles. The topological polar surface area (TPSA) is 74.3 Å². The van der Waals surface area contributed by atoms with Crippen LogP contribution in [0.4, 0.5) is 23.4 Å². The fourth-order valence-electron chi connectivity index (χ4n) is 4.23. The molecule has 1 aliphatic heterocycles. The zero-order valence-corrected chi connectivity index (χ0v) is 18.9. The maximum Gasteiger partial charge on any atom is 0.573 e. The van der Waals surface area contributed by atoms with Crippen molar-refractivity contribution in [3.05, 3.63) is 72.3 Å². The second kappa shape index (κ2) is 9.48. The van der Waals surface area contributed by atoms with Crippen molar-refractivity contribution in [3.63, 3.8) is 0 Å². The predicted octanol–water partition coefficient (Wildman–Crippen LogP) is 4.55. The molecule has 0 atom stereocenters. The molecule has 0 spiro atoms. The molecule has 5 rings (SSSR count). The van der Waals surface area contributed by atoms with Crippen molar-refractivity contribution in [2.45, 2.75) is 12.8 Å². The number of rotatable bonds is 5. The number of halogens is 4. The summed E-state index contributed by atoms with van der Waals surface area (Å²) in [5.41, 5.74) is 2.90. The van der Waals surface area contributed by atoms with Crippen LogP contribution in [0.15, 0.2) is 60.9 Å². The fourth-order valence-corrected chi connectivity index (χ4v) is 4.23. The Bertz CT molecular complexity index is 1360. The van der Waals surface area contributed by atoms with Crippen LogP contribution in [0.25, 0.3) is 22.3 Å². The number of aromatic nitrogens is 3. The van der Waals surface area contributed by atoms with Crippen molar-refractivity contribution in [2.75, 3.05) is 31.1 Å². The molecule has 0 saturated carbocycles. The van der Waals surface area contributed by atoms with Gasteiger partial charge in [0.2, 0.25) is 5.91 Å². The highest BCUT2D eigenvalue weighted by Gasteiger charge is 2.31. The molecule has 2 aromatic carbocycles. The highest BCUT2D eigenvalue weighted by atomic mass is 19.4. The van der Waals surface area contributed by atoms with E-state index in [1.165, 1.54) is 42.7 Å². The van der Waals surface area contributed by atoms with Crippen LogP contribution in [-0.4, -0.2) is 58.3 Å². The summed E-state index contributed by atoms with van der Waals surface area (Å²) in [6.07, 6.45) is -3.19. The zero-order chi connectivity index (χ0) is 25.3. The van der Waals surface area contributed by atoms with Gasteiger partial charge in [-0.3, -0.25) is 4.79 Å². The van der Waals surface area contributed by atoms with E-state index in [0.29, 0.717) is 37.4 Å². The number of alkyl halides is 3. The van der Waals surface area contributed by atoms with Crippen LogP contribution in [-0.2, 0) is 11.2 Å². The first-order valence-corrected chi connectivity index (χ1v) is 11.2. The number of hydrogen-bond donors (Lipinski definition) is 1. The molecule has 0 aliphatic carbocycles. The van der Waals surface area contributed by atoms with Crippen molar-refractivity contribution < 1.29 is 27.1 Å². The normalized spacial score (nSPS) is 14.3. The number of aromatic amines is 1. The maximum absolute atomic E-state index is 13.3. The molecule has 0 bridgehead atoms. The highest BCUT2D eigenvalue weighted by Crippen LogP contribution is 2.29. The van der Waals surface area contributed by atoms with E-state index in [-0.39, 0.29) is 23.9 Å². The molecule has 0 unspecified atom stereocenters. The van der Waals surface area contributed by atoms with Gasteiger partial charge in [0.15, 0.2) is 0 Å². The standard InChI is InChI=1S/C25H21F4N5O2/c26-18-5-3-17(4-6-18)21-14-20-23(32-21)30-15-31-24(20)34-11-9-33(10-12-34)22(35)13-16-1-7-19(8-2-16)36-25(27,28)29/h1-8,14-15H,9-13H2,(H,30,31,32). The van der Waals surface area contributed by atoms with Gasteiger partial charge in [-0.15, -0.1) is 13.2 Å². The second-order valence-corrected chi connectivity index (χ2v) is 8.39. The number of fused-ring (bicyclic) bond motifs is 1. The number of H-pyrrole nitrogens is 1. The molecule has 1 saturated heterocycles. The number of anilines is 1. The van der Waals surface area contributed by atoms with Gasteiger partial charge in [0, 0.05) is 31.9 Å². The average Bonchev–Trinajstić information content (AvgIpc) is 3.29. The average molecular weight is 499 g/mol. The van der Waals surface area contributed by atoms with E-state index in [2.05, 4.69) is 24.6 Å². The molecular weight excluding hydrogens is 478 g/mol. The summed E-state index contributed by atoms with van der Waals surface area (Å²) in [6.45, 7) is 2.09. The monoisotopic (exact) mass is 499 g/mol. The van der Waals surface area contributed by atoms with Crippen molar-refractivity contribution >= 4 is 22.8 Å². The van der Waals surface area contributed by atoms with Crippen molar-refractivity contribution in [2.24, 2.45) is 0 Å². The van der Waals surface area contributed by atoms with Gasteiger partial charge in [-0.25, -0.2) is 14.4 Å². The van der Waals surface area contributed by atoms with Gasteiger partial charge in [-0.05, 0) is 53.6 Å². The van der Waals surface area contributed by atoms with Gasteiger partial charge >= 0.3 is 6.36 Å². The van der Waals surface area contributed by atoms with Crippen molar-refractivity contribution in [1.29, 1.82) is 0 Å². The lowest BCUT2D eigenvalue weighted by Gasteiger charge is -2.35. The van der Waals surface area contributed by atoms with E-state index in [4.69, 9.17) is 0 Å². The maximum atomic E-state index is 13.3. The Morgan fingerprint density at radius 3 is 2.33 bits per heavy atom. The molecule has 1 fully saturated rings. The Kier molecular flexibility index (Phi) is 6.21. The van der Waals surface area contributed by atoms with Crippen LogP contribution < -0.4 is 9.64 Å². The van der Waals surface area contributed by atoms with Crippen LogP contribution in [0.1, 0.15) is 5.56 Å². The van der Waals surface area contributed by atoms with Crippen LogP contribution in [0.5, 0.6) is 5.75 Å². The Labute approximate surface area is 203 Å². The first-order chi connectivity index (χ1) is 17.2. The number of carbonyl (C=O) groups excluding carboxylic acids is 1. The third-order valence-electron chi connectivity index (χ3n) is 6.00. The molecule has 1 N–H and O–H groups in total. The van der Waals surface area contributed by atoms with Crippen LogP contribution in [0.2, 0.25) is 0 Å². The van der Waals surface area contributed by atoms with E-state index in [1.807, 2.05) is 6.07 Å². The van der Waals surface area contributed by atoms with Gasteiger partial charge in [-0.1, -0.05) is 12.1 Å². The lowest BCUT2D eigenvalue weighted by atomic mass is 10.1. The highest BCUT2D eigenvalue weighted by molar-refractivity contribution is 5.92. The van der Waals surface area contributed by atoms with Crippen molar-refractivity contribution in [1.82, 2.24) is 19.9 Å². The van der Waals surface area contributed by atoms with E-state index < -0.39 is 6.36 Å². The molecule has 4 aromatic rings. The SMILES string of the molecule is O=C(Cc1ccc(OC(F)(F)F)cc1)N1CCN(c2ncnc3[nH]c(-c4ccc(F)cc4)cc23)CC1. The quantitative estimate of drug-likeness (QED) is 0.408. The van der Waals surface area contributed by atoms with Crippen molar-refractivity contribution in [3.8, 4) is 17.0 Å². The van der Waals surface area contributed by atoms with Gasteiger partial charge in [-0.2, -0.15) is 0 Å². The summed E-state index contributed by atoms with van der Waals surface area (Å²) in [5.74, 6) is 0.00949.